The van der Waals surface area contributed by atoms with Gasteiger partial charge in [-0.25, -0.2) is 0 Å². The van der Waals surface area contributed by atoms with Crippen LogP contribution in [0, 0.1) is 6.92 Å². The Morgan fingerprint density at radius 2 is 1.97 bits per heavy atom. The lowest BCUT2D eigenvalue weighted by molar-refractivity contribution is 0.0929. The van der Waals surface area contributed by atoms with Crippen molar-refractivity contribution in [1.82, 2.24) is 10.2 Å². The van der Waals surface area contributed by atoms with E-state index >= 15 is 0 Å². The number of aryl methyl sites for hydroxylation is 1. The summed E-state index contributed by atoms with van der Waals surface area (Å²) in [6, 6.07) is 14.6. The van der Waals surface area contributed by atoms with E-state index in [2.05, 4.69) is 40.6 Å². The molecule has 4 rings (SSSR count). The highest BCUT2D eigenvalue weighted by atomic mass is 16.5. The minimum atomic E-state index is -0.240. The van der Waals surface area contributed by atoms with Gasteiger partial charge in [0.05, 0.1) is 5.54 Å². The third-order valence-corrected chi connectivity index (χ3v) is 6.44. The number of ether oxygens (including phenoxy) is 1. The van der Waals surface area contributed by atoms with E-state index in [0.717, 1.165) is 37.1 Å². The van der Waals surface area contributed by atoms with Crippen LogP contribution in [0.5, 0.6) is 5.75 Å². The first-order valence-corrected chi connectivity index (χ1v) is 11.5. The second kappa shape index (κ2) is 9.27. The number of amides is 1. The van der Waals surface area contributed by atoms with Gasteiger partial charge in [0.15, 0.2) is 0 Å². The van der Waals surface area contributed by atoms with Crippen molar-refractivity contribution < 1.29 is 9.53 Å². The van der Waals surface area contributed by atoms with E-state index in [4.69, 9.17) is 4.74 Å². The van der Waals surface area contributed by atoms with Gasteiger partial charge in [-0.1, -0.05) is 30.3 Å². The molecule has 0 aliphatic heterocycles. The van der Waals surface area contributed by atoms with Crippen molar-refractivity contribution in [2.75, 3.05) is 27.2 Å². The number of carbonyl (C=O) groups excluding carboxylic acids is 1. The summed E-state index contributed by atoms with van der Waals surface area (Å²) in [7, 11) is 4.04. The number of benzene rings is 2. The third kappa shape index (κ3) is 5.19. The Morgan fingerprint density at radius 1 is 1.13 bits per heavy atom. The molecule has 2 aromatic carbocycles. The Morgan fingerprint density at radius 3 is 2.68 bits per heavy atom. The summed E-state index contributed by atoms with van der Waals surface area (Å²) in [5.41, 5.74) is 5.41. The van der Waals surface area contributed by atoms with E-state index in [1.54, 1.807) is 0 Å². The van der Waals surface area contributed by atoms with Crippen LogP contribution in [0.3, 0.4) is 0 Å². The fourth-order valence-corrected chi connectivity index (χ4v) is 4.29. The second-order valence-electron chi connectivity index (χ2n) is 9.22. The number of nitrogens with one attached hydrogen (secondary N) is 1. The third-order valence-electron chi connectivity index (χ3n) is 6.44. The molecule has 1 fully saturated rings. The Hall–Kier alpha value is -2.59. The maximum absolute atomic E-state index is 13.2. The number of likely N-dealkylation sites (N-methyl/N-ethyl adjacent to an activating group) is 1. The molecule has 1 N–H and O–H groups in total. The van der Waals surface area contributed by atoms with Crippen LogP contribution in [0.1, 0.15) is 65.6 Å². The minimum absolute atomic E-state index is 0.0182. The van der Waals surface area contributed by atoms with Crippen LogP contribution < -0.4 is 10.1 Å². The SMILES string of the molecule is Cc1ccc(OCCN(C)C)cc1C(=O)NC1(c2cccc(C3=CCCCC3)c2)CC1. The molecular weight excluding hydrogens is 384 g/mol. The van der Waals surface area contributed by atoms with Crippen molar-refractivity contribution in [3.63, 3.8) is 0 Å². The van der Waals surface area contributed by atoms with Crippen LogP contribution in [0.25, 0.3) is 5.57 Å². The van der Waals surface area contributed by atoms with Crippen molar-refractivity contribution in [2.24, 2.45) is 0 Å². The fourth-order valence-electron chi connectivity index (χ4n) is 4.29. The molecule has 31 heavy (non-hydrogen) atoms. The molecule has 164 valence electrons. The Labute approximate surface area is 186 Å². The largest absolute Gasteiger partial charge is 0.492 e. The smallest absolute Gasteiger partial charge is 0.252 e. The lowest BCUT2D eigenvalue weighted by Crippen LogP contribution is -2.35. The molecule has 2 aliphatic carbocycles. The molecule has 0 heterocycles. The van der Waals surface area contributed by atoms with Gasteiger partial charge in [-0.05, 0) is 100 Å². The van der Waals surface area contributed by atoms with Gasteiger partial charge in [0, 0.05) is 12.1 Å². The minimum Gasteiger partial charge on any atom is -0.492 e. The molecule has 4 heteroatoms. The summed E-state index contributed by atoms with van der Waals surface area (Å²) >= 11 is 0. The van der Waals surface area contributed by atoms with Crippen LogP contribution >= 0.6 is 0 Å². The monoisotopic (exact) mass is 418 g/mol. The first-order chi connectivity index (χ1) is 15.0. The number of hydrogen-bond donors (Lipinski definition) is 1. The molecule has 0 aromatic heterocycles. The van der Waals surface area contributed by atoms with E-state index in [1.165, 1.54) is 36.0 Å². The molecule has 1 amide bonds. The van der Waals surface area contributed by atoms with E-state index in [9.17, 15) is 4.79 Å². The zero-order chi connectivity index (χ0) is 21.8. The van der Waals surface area contributed by atoms with Gasteiger partial charge >= 0.3 is 0 Å². The quantitative estimate of drug-likeness (QED) is 0.631. The molecule has 0 bridgehead atoms. The van der Waals surface area contributed by atoms with E-state index in [-0.39, 0.29) is 11.4 Å². The molecule has 0 unspecified atom stereocenters. The number of nitrogens with zero attached hydrogens (tertiary/aromatic N) is 1. The summed E-state index contributed by atoms with van der Waals surface area (Å²) in [6.45, 7) is 3.42. The highest BCUT2D eigenvalue weighted by Gasteiger charge is 2.46. The molecule has 0 spiro atoms. The fraction of sp³-hybridized carbons (Fsp3) is 0.444. The number of hydrogen-bond acceptors (Lipinski definition) is 3. The van der Waals surface area contributed by atoms with Crippen LogP contribution in [0.2, 0.25) is 0 Å². The molecule has 2 aromatic rings. The molecule has 2 aliphatic rings. The maximum atomic E-state index is 13.2. The number of allylic oxidation sites excluding steroid dienone is 2. The van der Waals surface area contributed by atoms with Gasteiger partial charge in [0.1, 0.15) is 12.4 Å². The van der Waals surface area contributed by atoms with E-state index < -0.39 is 0 Å². The number of carbonyl (C=O) groups is 1. The van der Waals surface area contributed by atoms with Crippen LogP contribution in [-0.2, 0) is 5.54 Å². The average molecular weight is 419 g/mol. The topological polar surface area (TPSA) is 41.6 Å². The number of rotatable bonds is 8. The second-order valence-corrected chi connectivity index (χ2v) is 9.22. The van der Waals surface area contributed by atoms with Crippen molar-refractivity contribution in [2.45, 2.75) is 51.0 Å². The van der Waals surface area contributed by atoms with Crippen molar-refractivity contribution >= 4 is 11.5 Å². The van der Waals surface area contributed by atoms with Gasteiger partial charge in [0.2, 0.25) is 0 Å². The lowest BCUT2D eigenvalue weighted by atomic mass is 9.91. The summed E-state index contributed by atoms with van der Waals surface area (Å²) in [4.78, 5) is 15.3. The highest BCUT2D eigenvalue weighted by Crippen LogP contribution is 2.46. The van der Waals surface area contributed by atoms with E-state index in [0.29, 0.717) is 12.2 Å². The zero-order valence-corrected chi connectivity index (χ0v) is 19.0. The first-order valence-electron chi connectivity index (χ1n) is 11.5. The molecular formula is C27H34N2O2. The highest BCUT2D eigenvalue weighted by molar-refractivity contribution is 5.96. The van der Waals surface area contributed by atoms with Crippen molar-refractivity contribution in [3.05, 3.63) is 70.8 Å². The molecule has 0 radical (unpaired) electrons. The van der Waals surface area contributed by atoms with Crippen molar-refractivity contribution in [3.8, 4) is 5.75 Å². The lowest BCUT2D eigenvalue weighted by Gasteiger charge is -2.21. The molecule has 4 nitrogen and oxygen atoms in total. The predicted octanol–water partition coefficient (Wildman–Crippen LogP) is 5.31. The summed E-state index contributed by atoms with van der Waals surface area (Å²) < 4.78 is 5.85. The van der Waals surface area contributed by atoms with Gasteiger partial charge in [0.25, 0.3) is 5.91 Å². The standard InChI is InChI=1S/C27H34N2O2/c1-20-12-13-24(31-17-16-29(2)3)19-25(20)26(30)28-27(14-15-27)23-11-7-10-22(18-23)21-8-5-4-6-9-21/h7-8,10-13,18-19H,4-6,9,14-17H2,1-3H3,(H,28,30). The van der Waals surface area contributed by atoms with Gasteiger partial charge < -0.3 is 15.0 Å². The van der Waals surface area contributed by atoms with Gasteiger partial charge in [-0.2, -0.15) is 0 Å². The van der Waals surface area contributed by atoms with E-state index in [1.807, 2.05) is 39.2 Å². The summed E-state index contributed by atoms with van der Waals surface area (Å²) in [5, 5.41) is 3.35. The Kier molecular flexibility index (Phi) is 6.47. The predicted molar refractivity (Wildman–Crippen MR) is 126 cm³/mol. The molecule has 1 saturated carbocycles. The molecule has 0 saturated heterocycles. The first kappa shape index (κ1) is 21.6. The average Bonchev–Trinajstić information content (AvgIpc) is 3.56. The summed E-state index contributed by atoms with van der Waals surface area (Å²) in [5.74, 6) is 0.726. The molecule has 0 atom stereocenters. The summed E-state index contributed by atoms with van der Waals surface area (Å²) in [6.07, 6.45) is 9.24. The Balaban J connectivity index is 1.49. The normalized spacial score (nSPS) is 17.2. The maximum Gasteiger partial charge on any atom is 0.252 e. The van der Waals surface area contributed by atoms with Crippen LogP contribution in [-0.4, -0.2) is 38.1 Å². The zero-order valence-electron chi connectivity index (χ0n) is 19.0. The van der Waals surface area contributed by atoms with Crippen LogP contribution in [0.4, 0.5) is 0 Å². The van der Waals surface area contributed by atoms with Gasteiger partial charge in [-0.15, -0.1) is 0 Å². The Bertz CT molecular complexity index is 973. The van der Waals surface area contributed by atoms with Crippen LogP contribution in [0.15, 0.2) is 48.5 Å². The van der Waals surface area contributed by atoms with Crippen molar-refractivity contribution in [1.29, 1.82) is 0 Å². The van der Waals surface area contributed by atoms with Gasteiger partial charge in [-0.3, -0.25) is 4.79 Å².